The zero-order valence-electron chi connectivity index (χ0n) is 14.9. The molecule has 0 unspecified atom stereocenters. The number of rotatable bonds is 7. The lowest BCUT2D eigenvalue weighted by Crippen LogP contribution is -2.43. The van der Waals surface area contributed by atoms with E-state index in [0.29, 0.717) is 0 Å². The smallest absolute Gasteiger partial charge is 0.191 e. The van der Waals surface area contributed by atoms with Gasteiger partial charge in [0.25, 0.3) is 0 Å². The highest BCUT2D eigenvalue weighted by molar-refractivity contribution is 14.0. The molecule has 4 nitrogen and oxygen atoms in total. The van der Waals surface area contributed by atoms with Crippen LogP contribution in [0, 0.1) is 5.92 Å². The van der Waals surface area contributed by atoms with Gasteiger partial charge in [-0.1, -0.05) is 6.92 Å². The lowest BCUT2D eigenvalue weighted by atomic mass is 9.99. The van der Waals surface area contributed by atoms with Gasteiger partial charge in [-0.15, -0.1) is 24.0 Å². The maximum absolute atomic E-state index is 4.71. The van der Waals surface area contributed by atoms with Crippen LogP contribution in [0.2, 0.25) is 0 Å². The van der Waals surface area contributed by atoms with Crippen LogP contribution >= 0.6 is 35.7 Å². The maximum atomic E-state index is 4.71. The first-order valence-electron chi connectivity index (χ1n) is 8.26. The predicted molar refractivity (Wildman–Crippen MR) is 112 cm³/mol. The number of thioether (sulfide) groups is 1. The Morgan fingerprint density at radius 3 is 2.45 bits per heavy atom. The van der Waals surface area contributed by atoms with Crippen molar-refractivity contribution in [3.63, 3.8) is 0 Å². The van der Waals surface area contributed by atoms with Gasteiger partial charge >= 0.3 is 0 Å². The van der Waals surface area contributed by atoms with E-state index in [0.717, 1.165) is 38.1 Å². The number of nitrogens with one attached hydrogen (secondary N) is 2. The fourth-order valence-electron chi connectivity index (χ4n) is 2.29. The van der Waals surface area contributed by atoms with Crippen molar-refractivity contribution in [1.29, 1.82) is 0 Å². The molecule has 132 valence electrons. The Balaban J connectivity index is 0.00000441. The monoisotopic (exact) mass is 442 g/mol. The number of aliphatic imine (C=N–C) groups is 1. The SMILES string of the molecule is CCNC(=NCC(C)(C)SC)NCCN1CCC(C)CC1.I. The second kappa shape index (κ2) is 11.8. The number of piperidine rings is 1. The fourth-order valence-corrected chi connectivity index (χ4v) is 2.49. The highest BCUT2D eigenvalue weighted by Gasteiger charge is 2.16. The number of halogens is 1. The number of nitrogens with zero attached hydrogens (tertiary/aromatic N) is 2. The Morgan fingerprint density at radius 2 is 1.91 bits per heavy atom. The summed E-state index contributed by atoms with van der Waals surface area (Å²) in [5.74, 6) is 1.85. The summed E-state index contributed by atoms with van der Waals surface area (Å²) in [7, 11) is 0. The summed E-state index contributed by atoms with van der Waals surface area (Å²) in [6.07, 6.45) is 4.83. The summed E-state index contributed by atoms with van der Waals surface area (Å²) in [5.41, 5.74) is 0. The zero-order valence-corrected chi connectivity index (χ0v) is 18.1. The van der Waals surface area contributed by atoms with Gasteiger partial charge in [0.15, 0.2) is 5.96 Å². The molecule has 1 rings (SSSR count). The van der Waals surface area contributed by atoms with Crippen molar-refractivity contribution in [2.75, 3.05) is 45.5 Å². The van der Waals surface area contributed by atoms with E-state index in [2.05, 4.69) is 49.5 Å². The summed E-state index contributed by atoms with van der Waals surface area (Å²) in [5, 5.41) is 6.80. The average molecular weight is 442 g/mol. The van der Waals surface area contributed by atoms with Crippen LogP contribution in [0.1, 0.15) is 40.5 Å². The van der Waals surface area contributed by atoms with Crippen molar-refractivity contribution in [3.05, 3.63) is 0 Å². The first kappa shape index (κ1) is 22.3. The molecule has 22 heavy (non-hydrogen) atoms. The van der Waals surface area contributed by atoms with Crippen LogP contribution in [0.25, 0.3) is 0 Å². The van der Waals surface area contributed by atoms with E-state index in [9.17, 15) is 0 Å². The molecule has 6 heteroatoms. The van der Waals surface area contributed by atoms with Crippen LogP contribution in [0.15, 0.2) is 4.99 Å². The minimum Gasteiger partial charge on any atom is -0.357 e. The zero-order chi connectivity index (χ0) is 15.7. The molecule has 0 aromatic carbocycles. The molecular weight excluding hydrogens is 407 g/mol. The highest BCUT2D eigenvalue weighted by Crippen LogP contribution is 2.20. The molecule has 0 spiro atoms. The molecule has 0 aliphatic carbocycles. The Hall–Kier alpha value is 0.310. The molecule has 0 aromatic rings. The van der Waals surface area contributed by atoms with E-state index in [1.807, 2.05) is 11.8 Å². The summed E-state index contributed by atoms with van der Waals surface area (Å²) in [4.78, 5) is 7.26. The molecule has 1 heterocycles. The van der Waals surface area contributed by atoms with Gasteiger partial charge in [0, 0.05) is 24.4 Å². The van der Waals surface area contributed by atoms with Gasteiger partial charge in [-0.05, 0) is 58.9 Å². The Labute approximate surface area is 158 Å². The molecule has 0 amide bonds. The van der Waals surface area contributed by atoms with Crippen molar-refractivity contribution >= 4 is 41.7 Å². The first-order chi connectivity index (χ1) is 9.96. The maximum Gasteiger partial charge on any atom is 0.191 e. The second-order valence-corrected chi connectivity index (χ2v) is 8.12. The van der Waals surface area contributed by atoms with E-state index in [4.69, 9.17) is 4.99 Å². The average Bonchev–Trinajstić information content (AvgIpc) is 2.47. The number of guanidine groups is 1. The lowest BCUT2D eigenvalue weighted by molar-refractivity contribution is 0.195. The molecule has 1 aliphatic heterocycles. The van der Waals surface area contributed by atoms with Crippen molar-refractivity contribution in [1.82, 2.24) is 15.5 Å². The summed E-state index contributed by atoms with van der Waals surface area (Å²) in [6.45, 7) is 15.3. The van der Waals surface area contributed by atoms with Gasteiger partial charge in [0.1, 0.15) is 0 Å². The van der Waals surface area contributed by atoms with E-state index in [1.54, 1.807) is 0 Å². The van der Waals surface area contributed by atoms with Gasteiger partial charge in [-0.25, -0.2) is 0 Å². The van der Waals surface area contributed by atoms with Gasteiger partial charge in [-0.3, -0.25) is 4.99 Å². The van der Waals surface area contributed by atoms with Crippen molar-refractivity contribution < 1.29 is 0 Å². The normalized spacial score (nSPS) is 18.0. The largest absolute Gasteiger partial charge is 0.357 e. The topological polar surface area (TPSA) is 39.7 Å². The Kier molecular flexibility index (Phi) is 12.0. The third kappa shape index (κ3) is 9.45. The standard InChI is InChI=1S/C16H34N4S.HI/c1-6-17-15(19-13-16(3,4)21-5)18-9-12-20-10-7-14(2)8-11-20;/h14H,6-13H2,1-5H3,(H2,17,18,19);1H. The van der Waals surface area contributed by atoms with Crippen LogP contribution in [0.3, 0.4) is 0 Å². The minimum atomic E-state index is 0. The molecule has 0 radical (unpaired) electrons. The molecular formula is C16H35IN4S. The number of hydrogen-bond donors (Lipinski definition) is 2. The fraction of sp³-hybridized carbons (Fsp3) is 0.938. The van der Waals surface area contributed by atoms with Crippen molar-refractivity contribution in [2.45, 2.75) is 45.3 Å². The van der Waals surface area contributed by atoms with Crippen molar-refractivity contribution in [2.24, 2.45) is 10.9 Å². The lowest BCUT2D eigenvalue weighted by Gasteiger charge is -2.30. The molecule has 0 bridgehead atoms. The van der Waals surface area contributed by atoms with E-state index in [1.165, 1.54) is 25.9 Å². The van der Waals surface area contributed by atoms with E-state index < -0.39 is 0 Å². The van der Waals surface area contributed by atoms with E-state index >= 15 is 0 Å². The third-order valence-corrected chi connectivity index (χ3v) is 5.35. The number of likely N-dealkylation sites (tertiary alicyclic amines) is 1. The van der Waals surface area contributed by atoms with Gasteiger partial charge in [0.05, 0.1) is 6.54 Å². The predicted octanol–water partition coefficient (Wildman–Crippen LogP) is 3.03. The highest BCUT2D eigenvalue weighted by atomic mass is 127. The number of hydrogen-bond acceptors (Lipinski definition) is 3. The van der Waals surface area contributed by atoms with Gasteiger partial charge < -0.3 is 15.5 Å². The summed E-state index contributed by atoms with van der Waals surface area (Å²) < 4.78 is 0.200. The van der Waals surface area contributed by atoms with Gasteiger partial charge in [-0.2, -0.15) is 11.8 Å². The summed E-state index contributed by atoms with van der Waals surface area (Å²) in [6, 6.07) is 0. The molecule has 0 saturated carbocycles. The van der Waals surface area contributed by atoms with Crippen LogP contribution in [-0.4, -0.2) is 61.1 Å². The molecule has 1 aliphatic rings. The molecule has 0 atom stereocenters. The van der Waals surface area contributed by atoms with E-state index in [-0.39, 0.29) is 28.7 Å². The van der Waals surface area contributed by atoms with Crippen molar-refractivity contribution in [3.8, 4) is 0 Å². The minimum absolute atomic E-state index is 0. The Bertz CT molecular complexity index is 315. The quantitative estimate of drug-likeness (QED) is 0.361. The van der Waals surface area contributed by atoms with Crippen LogP contribution in [0.4, 0.5) is 0 Å². The van der Waals surface area contributed by atoms with Gasteiger partial charge in [0.2, 0.25) is 0 Å². The van der Waals surface area contributed by atoms with Crippen LogP contribution in [-0.2, 0) is 0 Å². The second-order valence-electron chi connectivity index (χ2n) is 6.61. The molecule has 0 aromatic heterocycles. The molecule has 1 fully saturated rings. The Morgan fingerprint density at radius 1 is 1.27 bits per heavy atom. The third-order valence-electron chi connectivity index (χ3n) is 4.11. The molecule has 1 saturated heterocycles. The van der Waals surface area contributed by atoms with Crippen LogP contribution < -0.4 is 10.6 Å². The van der Waals surface area contributed by atoms with Crippen LogP contribution in [0.5, 0.6) is 0 Å². The summed E-state index contributed by atoms with van der Waals surface area (Å²) >= 11 is 1.86. The molecule has 2 N–H and O–H groups in total. The first-order valence-corrected chi connectivity index (χ1v) is 9.49.